The van der Waals surface area contributed by atoms with E-state index in [1.54, 1.807) is 0 Å². The Bertz CT molecular complexity index is 323. The van der Waals surface area contributed by atoms with Crippen molar-refractivity contribution in [3.8, 4) is 0 Å². The second kappa shape index (κ2) is 16.1. The first-order chi connectivity index (χ1) is 11.1. The Kier molecular flexibility index (Phi) is 23.7. The molecule has 0 amide bonds. The van der Waals surface area contributed by atoms with Crippen molar-refractivity contribution in [3.63, 3.8) is 0 Å². The third-order valence-corrected chi connectivity index (χ3v) is 4.89. The first-order valence-electron chi connectivity index (χ1n) is 9.82. The molecule has 0 spiro atoms. The first kappa shape index (κ1) is 44.2. The number of halogens is 3. The summed E-state index contributed by atoms with van der Waals surface area (Å²) in [4.78, 5) is 0. The molecule has 8 heteroatoms. The van der Waals surface area contributed by atoms with Gasteiger partial charge in [-0.3, -0.25) is 14.1 Å². The summed E-state index contributed by atoms with van der Waals surface area (Å²) >= 11 is 0. The average Bonchev–Trinajstić information content (AvgIpc) is 2.34. The summed E-state index contributed by atoms with van der Waals surface area (Å²) in [6.07, 6.45) is -0.869. The van der Waals surface area contributed by atoms with Gasteiger partial charge in [0, 0.05) is 12.8 Å². The normalized spacial score (nSPS) is 16.0. The third-order valence-electron chi connectivity index (χ3n) is 4.89. The molecular formula is C22H54F3O4Sb. The molecule has 0 rings (SSSR count). The molecule has 0 aromatic heterocycles. The van der Waals surface area contributed by atoms with E-state index in [1.807, 2.05) is 83.1 Å². The summed E-state index contributed by atoms with van der Waals surface area (Å²) in [5.74, 6) is 0. The van der Waals surface area contributed by atoms with Crippen LogP contribution in [0, 0.1) is 21.7 Å². The molecular weight excluding hydrogens is 507 g/mol. The Balaban J connectivity index is -0.0000000847. The van der Waals surface area contributed by atoms with Crippen LogP contribution in [0.1, 0.15) is 95.9 Å². The zero-order valence-corrected chi connectivity index (χ0v) is 25.5. The Hall–Kier alpha value is 0.448. The van der Waals surface area contributed by atoms with Gasteiger partial charge >= 0.3 is 24.4 Å². The van der Waals surface area contributed by atoms with Gasteiger partial charge in [-0.2, -0.15) is 0 Å². The van der Waals surface area contributed by atoms with Crippen molar-refractivity contribution in [2.45, 2.75) is 120 Å². The van der Waals surface area contributed by atoms with Crippen LogP contribution >= 0.6 is 0 Å². The Morgan fingerprint density at radius 2 is 0.500 bits per heavy atom. The van der Waals surface area contributed by atoms with Crippen LogP contribution in [0.3, 0.4) is 0 Å². The van der Waals surface area contributed by atoms with Crippen LogP contribution < -0.4 is 0 Å². The molecule has 0 aliphatic heterocycles. The topological polar surface area (TPSA) is 80.9 Å². The predicted octanol–water partition coefficient (Wildman–Crippen LogP) is 3.65. The van der Waals surface area contributed by atoms with E-state index in [1.165, 1.54) is 0 Å². The van der Waals surface area contributed by atoms with Gasteiger partial charge in [0.25, 0.3) is 0 Å². The van der Waals surface area contributed by atoms with Crippen LogP contribution in [0.15, 0.2) is 0 Å². The van der Waals surface area contributed by atoms with Crippen LogP contribution in [0.5, 0.6) is 0 Å². The first-order valence-corrected chi connectivity index (χ1v) is 9.82. The fourth-order valence-electron chi connectivity index (χ4n) is 1.84. The van der Waals surface area contributed by atoms with E-state index in [0.717, 1.165) is 0 Å². The summed E-state index contributed by atoms with van der Waals surface area (Å²) in [5, 5.41) is 39.0. The van der Waals surface area contributed by atoms with Crippen molar-refractivity contribution in [2.75, 3.05) is 0 Å². The Morgan fingerprint density at radius 3 is 0.567 bits per heavy atom. The van der Waals surface area contributed by atoms with Gasteiger partial charge in [-0.15, -0.1) is 0 Å². The summed E-state index contributed by atoms with van der Waals surface area (Å²) in [6.45, 7) is 23.8. The number of aliphatic hydroxyl groups is 4. The van der Waals surface area contributed by atoms with Gasteiger partial charge in [-0.05, 0) is 21.7 Å². The minimum atomic E-state index is -0.443. The summed E-state index contributed by atoms with van der Waals surface area (Å²) in [6, 6.07) is 0. The van der Waals surface area contributed by atoms with Crippen molar-refractivity contribution >= 4 is 24.4 Å². The van der Waals surface area contributed by atoms with Gasteiger partial charge in [0.05, 0.1) is 24.4 Å². The van der Waals surface area contributed by atoms with Crippen LogP contribution in [0.2, 0.25) is 0 Å². The van der Waals surface area contributed by atoms with Crippen LogP contribution in [-0.2, 0) is 0 Å². The molecule has 30 heavy (non-hydrogen) atoms. The van der Waals surface area contributed by atoms with Crippen molar-refractivity contribution in [2.24, 2.45) is 21.7 Å². The second-order valence-electron chi connectivity index (χ2n) is 12.0. The van der Waals surface area contributed by atoms with Crippen molar-refractivity contribution in [1.82, 2.24) is 0 Å². The molecule has 4 N–H and O–H groups in total. The predicted molar refractivity (Wildman–Crippen MR) is 129 cm³/mol. The summed E-state index contributed by atoms with van der Waals surface area (Å²) < 4.78 is 0. The van der Waals surface area contributed by atoms with Crippen LogP contribution in [0.4, 0.5) is 14.1 Å². The van der Waals surface area contributed by atoms with Gasteiger partial charge in [-0.25, -0.2) is 0 Å². The zero-order valence-electron chi connectivity index (χ0n) is 21.4. The molecule has 0 fully saturated rings. The molecule has 0 aromatic carbocycles. The van der Waals surface area contributed by atoms with Gasteiger partial charge in [0.15, 0.2) is 0 Å². The summed E-state index contributed by atoms with van der Waals surface area (Å²) in [5.41, 5.74) is -0.586. The number of aliphatic hydroxyl groups excluding tert-OH is 4. The average molecular weight is 561 g/mol. The molecule has 0 saturated heterocycles. The minimum absolute atomic E-state index is 0. The monoisotopic (exact) mass is 560 g/mol. The SMILES string of the molecule is CC(C)(C)C(O)CC(O)C(C)(C)C.CC(C)(C)C(O)CC(O)C(C)(C)C.F.F.F.[SbH3]. The van der Waals surface area contributed by atoms with Gasteiger partial charge in [0.1, 0.15) is 0 Å². The Labute approximate surface area is 200 Å². The molecule has 0 heterocycles. The standard InChI is InChI=1S/2C11H24O2.3FH.Sb.3H/c2*1-10(2,3)8(12)7-9(13)11(4,5)6;;;;;;;/h2*8-9,12-13H,7H2,1-6H3;3*1H;;;;. The van der Waals surface area contributed by atoms with Crippen LogP contribution in [-0.4, -0.2) is 69.3 Å². The quantitative estimate of drug-likeness (QED) is 0.396. The number of rotatable bonds is 4. The fraction of sp³-hybridized carbons (Fsp3) is 1.00. The third kappa shape index (κ3) is 20.4. The molecule has 0 bridgehead atoms. The van der Waals surface area contributed by atoms with E-state index in [0.29, 0.717) is 12.8 Å². The zero-order chi connectivity index (χ0) is 21.7. The second-order valence-corrected chi connectivity index (χ2v) is 12.0. The van der Waals surface area contributed by atoms with Gasteiger partial charge < -0.3 is 20.4 Å². The molecule has 4 nitrogen and oxygen atoms in total. The molecule has 0 saturated carbocycles. The van der Waals surface area contributed by atoms with E-state index < -0.39 is 24.4 Å². The van der Waals surface area contributed by atoms with E-state index in [4.69, 9.17) is 0 Å². The molecule has 4 unspecified atom stereocenters. The molecule has 0 radical (unpaired) electrons. The molecule has 4 atom stereocenters. The van der Waals surface area contributed by atoms with Crippen LogP contribution in [0.25, 0.3) is 0 Å². The Morgan fingerprint density at radius 1 is 0.400 bits per heavy atom. The van der Waals surface area contributed by atoms with Crippen molar-refractivity contribution < 1.29 is 34.5 Å². The number of hydrogen-bond acceptors (Lipinski definition) is 4. The molecule has 0 aromatic rings. The summed E-state index contributed by atoms with van der Waals surface area (Å²) in [7, 11) is 0. The van der Waals surface area contributed by atoms with Crippen molar-refractivity contribution in [3.05, 3.63) is 0 Å². The van der Waals surface area contributed by atoms with Gasteiger partial charge in [-0.1, -0.05) is 83.1 Å². The van der Waals surface area contributed by atoms with Crippen molar-refractivity contribution in [1.29, 1.82) is 0 Å². The van der Waals surface area contributed by atoms with E-state index in [2.05, 4.69) is 0 Å². The van der Waals surface area contributed by atoms with E-state index in [9.17, 15) is 20.4 Å². The number of hydrogen-bond donors (Lipinski definition) is 4. The molecule has 0 aliphatic carbocycles. The maximum atomic E-state index is 9.76. The maximum absolute atomic E-state index is 9.76. The van der Waals surface area contributed by atoms with E-state index >= 15 is 0 Å². The molecule has 192 valence electrons. The molecule has 0 aliphatic rings. The fourth-order valence-corrected chi connectivity index (χ4v) is 1.84. The van der Waals surface area contributed by atoms with Gasteiger partial charge in [0.2, 0.25) is 0 Å². The van der Waals surface area contributed by atoms with E-state index in [-0.39, 0.29) is 60.2 Å².